The molecule has 1 aromatic heterocycles. The molecule has 0 aliphatic carbocycles. The minimum atomic E-state index is -3.19. The van der Waals surface area contributed by atoms with Crippen LogP contribution in [0.2, 0.25) is 0 Å². The summed E-state index contributed by atoms with van der Waals surface area (Å²) in [6, 6.07) is 3.12. The van der Waals surface area contributed by atoms with Gasteiger partial charge in [-0.1, -0.05) is 6.92 Å². The lowest BCUT2D eigenvalue weighted by atomic mass is 10.3. The number of rotatable bonds is 3. The van der Waals surface area contributed by atoms with Gasteiger partial charge in [0.05, 0.1) is 0 Å². The van der Waals surface area contributed by atoms with E-state index in [1.807, 2.05) is 13.3 Å². The van der Waals surface area contributed by atoms with Crippen molar-refractivity contribution in [2.75, 3.05) is 6.26 Å². The Morgan fingerprint density at radius 3 is 2.58 bits per heavy atom. The third kappa shape index (κ3) is 2.11. The molecule has 0 atom stereocenters. The molecule has 0 aromatic carbocycles. The van der Waals surface area contributed by atoms with Gasteiger partial charge in [-0.25, -0.2) is 8.42 Å². The van der Waals surface area contributed by atoms with Crippen LogP contribution in [0.25, 0.3) is 0 Å². The molecule has 1 aromatic rings. The Balaban J connectivity index is 2.92. The highest BCUT2D eigenvalue weighted by Crippen LogP contribution is 2.15. The number of furan rings is 1. The molecule has 12 heavy (non-hydrogen) atoms. The average molecular weight is 187 g/mol. The van der Waals surface area contributed by atoms with Crippen LogP contribution < -0.4 is 0 Å². The quantitative estimate of drug-likeness (QED) is 0.722. The first-order valence-electron chi connectivity index (χ1n) is 3.67. The maximum absolute atomic E-state index is 10.9. The van der Waals surface area contributed by atoms with Crippen LogP contribution in [0, 0.1) is 6.42 Å². The molecular formula is C8H11O3S. The van der Waals surface area contributed by atoms with Gasteiger partial charge in [-0.3, -0.25) is 0 Å². The van der Waals surface area contributed by atoms with E-state index in [9.17, 15) is 8.42 Å². The predicted molar refractivity (Wildman–Crippen MR) is 45.5 cm³/mol. The van der Waals surface area contributed by atoms with Gasteiger partial charge >= 0.3 is 0 Å². The molecule has 1 radical (unpaired) electrons. The van der Waals surface area contributed by atoms with Gasteiger partial charge in [0.25, 0.3) is 0 Å². The molecule has 0 unspecified atom stereocenters. The maximum atomic E-state index is 10.9. The van der Waals surface area contributed by atoms with Gasteiger partial charge in [-0.15, -0.1) is 0 Å². The minimum absolute atomic E-state index is 0.0298. The fraction of sp³-hybridized carbons (Fsp3) is 0.375. The highest BCUT2D eigenvalue weighted by molar-refractivity contribution is 7.90. The van der Waals surface area contributed by atoms with Crippen molar-refractivity contribution in [3.05, 3.63) is 24.3 Å². The van der Waals surface area contributed by atoms with Crippen molar-refractivity contribution in [2.45, 2.75) is 18.4 Å². The van der Waals surface area contributed by atoms with Gasteiger partial charge in [0.15, 0.2) is 0 Å². The van der Waals surface area contributed by atoms with Crippen molar-refractivity contribution >= 4 is 9.84 Å². The van der Waals surface area contributed by atoms with Gasteiger partial charge in [-0.05, 0) is 18.6 Å². The summed E-state index contributed by atoms with van der Waals surface area (Å²) in [6.07, 6.45) is 3.78. The monoisotopic (exact) mass is 187 g/mol. The second-order valence-corrected chi connectivity index (χ2v) is 4.49. The fourth-order valence-electron chi connectivity index (χ4n) is 0.845. The van der Waals surface area contributed by atoms with Gasteiger partial charge in [0.1, 0.15) is 5.76 Å². The minimum Gasteiger partial charge on any atom is -0.449 e. The Bertz CT molecular complexity index is 348. The first-order chi connectivity index (χ1) is 5.54. The zero-order chi connectivity index (χ0) is 9.19. The Hall–Kier alpha value is -0.770. The summed E-state index contributed by atoms with van der Waals surface area (Å²) in [5.41, 5.74) is 0. The molecule has 0 fully saturated rings. The van der Waals surface area contributed by atoms with E-state index in [0.29, 0.717) is 5.76 Å². The molecule has 1 rings (SSSR count). The van der Waals surface area contributed by atoms with E-state index in [1.54, 1.807) is 6.07 Å². The van der Waals surface area contributed by atoms with Crippen LogP contribution in [0.3, 0.4) is 0 Å². The standard InChI is InChI=1S/C8H11O3S/c1-3-4-7-5-6-8(11-7)12(2,9)10/h4-6H,3H2,1-2H3. The van der Waals surface area contributed by atoms with Gasteiger partial charge in [0.2, 0.25) is 14.9 Å². The number of hydrogen-bond donors (Lipinski definition) is 0. The molecule has 0 bridgehead atoms. The van der Waals surface area contributed by atoms with E-state index in [0.717, 1.165) is 12.7 Å². The van der Waals surface area contributed by atoms with Crippen LogP contribution in [0.1, 0.15) is 19.1 Å². The van der Waals surface area contributed by atoms with E-state index >= 15 is 0 Å². The number of hydrogen-bond acceptors (Lipinski definition) is 3. The predicted octanol–water partition coefficient (Wildman–Crippen LogP) is 1.65. The summed E-state index contributed by atoms with van der Waals surface area (Å²) in [5.74, 6) is 0.609. The first kappa shape index (κ1) is 9.32. The van der Waals surface area contributed by atoms with Crippen LogP contribution in [0.5, 0.6) is 0 Å². The van der Waals surface area contributed by atoms with Crippen LogP contribution in [-0.4, -0.2) is 14.7 Å². The van der Waals surface area contributed by atoms with Gasteiger partial charge in [0, 0.05) is 12.7 Å². The van der Waals surface area contributed by atoms with Gasteiger partial charge < -0.3 is 4.42 Å². The first-order valence-corrected chi connectivity index (χ1v) is 5.56. The van der Waals surface area contributed by atoms with Gasteiger partial charge in [-0.2, -0.15) is 0 Å². The summed E-state index contributed by atoms with van der Waals surface area (Å²) in [5, 5.41) is 0.0298. The zero-order valence-corrected chi connectivity index (χ0v) is 7.89. The third-order valence-electron chi connectivity index (χ3n) is 1.37. The largest absolute Gasteiger partial charge is 0.449 e. The van der Waals surface area contributed by atoms with E-state index in [4.69, 9.17) is 4.42 Å². The van der Waals surface area contributed by atoms with Crippen molar-refractivity contribution in [3.8, 4) is 0 Å². The lowest BCUT2D eigenvalue weighted by Crippen LogP contribution is -1.93. The van der Waals surface area contributed by atoms with Crippen LogP contribution in [0.15, 0.2) is 21.6 Å². The summed E-state index contributed by atoms with van der Waals surface area (Å²) in [4.78, 5) is 0. The third-order valence-corrected chi connectivity index (χ3v) is 2.32. The molecule has 0 amide bonds. The van der Waals surface area contributed by atoms with E-state index in [-0.39, 0.29) is 5.09 Å². The second kappa shape index (κ2) is 3.31. The molecule has 4 heteroatoms. The zero-order valence-electron chi connectivity index (χ0n) is 7.07. The molecule has 0 spiro atoms. The molecule has 0 saturated heterocycles. The number of sulfone groups is 1. The van der Waals surface area contributed by atoms with Crippen molar-refractivity contribution in [3.63, 3.8) is 0 Å². The summed E-state index contributed by atoms with van der Waals surface area (Å²) < 4.78 is 26.9. The normalized spacial score (nSPS) is 11.8. The topological polar surface area (TPSA) is 47.3 Å². The molecule has 0 N–H and O–H groups in total. The van der Waals surface area contributed by atoms with Crippen molar-refractivity contribution in [1.29, 1.82) is 0 Å². The van der Waals surface area contributed by atoms with E-state index in [2.05, 4.69) is 0 Å². The molecule has 3 nitrogen and oxygen atoms in total. The second-order valence-electron chi connectivity index (χ2n) is 2.54. The lowest BCUT2D eigenvalue weighted by molar-refractivity contribution is 0.433. The van der Waals surface area contributed by atoms with Crippen molar-refractivity contribution in [1.82, 2.24) is 0 Å². The highest BCUT2D eigenvalue weighted by atomic mass is 32.2. The Kier molecular flexibility index (Phi) is 2.57. The molecule has 0 saturated carbocycles. The average Bonchev–Trinajstić information content (AvgIpc) is 2.35. The van der Waals surface area contributed by atoms with Crippen LogP contribution in [-0.2, 0) is 9.84 Å². The molecule has 0 aliphatic rings. The molecular weight excluding hydrogens is 176 g/mol. The maximum Gasteiger partial charge on any atom is 0.217 e. The molecule has 1 heterocycles. The highest BCUT2D eigenvalue weighted by Gasteiger charge is 2.11. The van der Waals surface area contributed by atoms with Crippen molar-refractivity contribution < 1.29 is 12.8 Å². The molecule has 0 aliphatic heterocycles. The van der Waals surface area contributed by atoms with E-state index < -0.39 is 9.84 Å². The Morgan fingerprint density at radius 2 is 2.17 bits per heavy atom. The summed E-state index contributed by atoms with van der Waals surface area (Å²) >= 11 is 0. The smallest absolute Gasteiger partial charge is 0.217 e. The van der Waals surface area contributed by atoms with Crippen LogP contribution >= 0.6 is 0 Å². The summed E-state index contributed by atoms with van der Waals surface area (Å²) in [6.45, 7) is 1.96. The summed E-state index contributed by atoms with van der Waals surface area (Å²) in [7, 11) is -3.19. The SMILES string of the molecule is CC[CH]c1ccc(S(C)(=O)=O)o1. The fourth-order valence-corrected chi connectivity index (χ4v) is 1.41. The Morgan fingerprint density at radius 1 is 1.50 bits per heavy atom. The lowest BCUT2D eigenvalue weighted by Gasteiger charge is -1.91. The molecule has 67 valence electrons. The van der Waals surface area contributed by atoms with Crippen molar-refractivity contribution in [2.24, 2.45) is 0 Å². The van der Waals surface area contributed by atoms with E-state index in [1.165, 1.54) is 6.07 Å². The van der Waals surface area contributed by atoms with Crippen LogP contribution in [0.4, 0.5) is 0 Å². The Labute approximate surface area is 72.3 Å².